The second-order valence-corrected chi connectivity index (χ2v) is 7.52. The van der Waals surface area contributed by atoms with Crippen LogP contribution in [0.25, 0.3) is 0 Å². The fraction of sp³-hybridized carbons (Fsp3) is 0.0741. The van der Waals surface area contributed by atoms with Crippen molar-refractivity contribution in [3.63, 3.8) is 0 Å². The summed E-state index contributed by atoms with van der Waals surface area (Å²) in [7, 11) is 0. The van der Waals surface area contributed by atoms with Crippen molar-refractivity contribution in [1.29, 1.82) is 0 Å². The summed E-state index contributed by atoms with van der Waals surface area (Å²) in [6.45, 7) is 2.39. The van der Waals surface area contributed by atoms with Crippen molar-refractivity contribution in [3.8, 4) is 23.0 Å². The molecule has 0 saturated carbocycles. The smallest absolute Gasteiger partial charge is 0.343 e. The highest BCUT2D eigenvalue weighted by atomic mass is 16.6. The minimum atomic E-state index is -0.501. The number of esters is 1. The van der Waals surface area contributed by atoms with E-state index < -0.39 is 10.9 Å². The molecule has 0 N–H and O–H groups in total. The number of nitro groups is 1. The van der Waals surface area contributed by atoms with Crippen molar-refractivity contribution < 1.29 is 23.9 Å². The number of carbonyl (C=O) groups excluding carboxylic acids is 1. The molecule has 4 aromatic rings. The highest BCUT2D eigenvalue weighted by Crippen LogP contribution is 2.27. The largest absolute Gasteiger partial charge is 0.489 e. The minimum Gasteiger partial charge on any atom is -0.489 e. The summed E-state index contributed by atoms with van der Waals surface area (Å²) >= 11 is 0. The van der Waals surface area contributed by atoms with Gasteiger partial charge in [0.15, 0.2) is 0 Å². The van der Waals surface area contributed by atoms with Gasteiger partial charge in [0.1, 0.15) is 29.6 Å². The fourth-order valence-electron chi connectivity index (χ4n) is 3.15. The van der Waals surface area contributed by atoms with E-state index in [0.717, 1.165) is 16.9 Å². The Balaban J connectivity index is 1.35. The van der Waals surface area contributed by atoms with Crippen LogP contribution in [0.3, 0.4) is 0 Å². The number of non-ortho nitro benzene ring substituents is 1. The first-order valence-electron chi connectivity index (χ1n) is 10.5. The lowest BCUT2D eigenvalue weighted by molar-refractivity contribution is -0.384. The van der Waals surface area contributed by atoms with Crippen molar-refractivity contribution in [2.45, 2.75) is 13.5 Å². The van der Waals surface area contributed by atoms with Gasteiger partial charge in [-0.2, -0.15) is 0 Å². The Morgan fingerprint density at radius 2 is 1.47 bits per heavy atom. The van der Waals surface area contributed by atoms with Gasteiger partial charge in [0, 0.05) is 18.2 Å². The lowest BCUT2D eigenvalue weighted by Crippen LogP contribution is -2.08. The van der Waals surface area contributed by atoms with Gasteiger partial charge >= 0.3 is 5.97 Å². The van der Waals surface area contributed by atoms with Crippen molar-refractivity contribution in [2.75, 3.05) is 0 Å². The van der Waals surface area contributed by atoms with E-state index in [9.17, 15) is 14.9 Å². The predicted octanol–water partition coefficient (Wildman–Crippen LogP) is 6.49. The van der Waals surface area contributed by atoms with Crippen molar-refractivity contribution in [1.82, 2.24) is 0 Å². The lowest BCUT2D eigenvalue weighted by Gasteiger charge is -2.09. The zero-order valence-corrected chi connectivity index (χ0v) is 18.3. The molecule has 0 heterocycles. The maximum atomic E-state index is 12.6. The molecule has 0 radical (unpaired) electrons. The standard InChI is InChI=1S/C27H21NO6/c1-19-4-2-5-24(16-19)32-18-20-8-10-21(11-9-20)27(29)34-26-7-3-6-25(17-26)33-23-14-12-22(13-15-23)28(30)31/h2-17H,18H2,1H3. The van der Waals surface area contributed by atoms with Gasteiger partial charge in [-0.05, 0) is 66.6 Å². The third kappa shape index (κ3) is 5.98. The zero-order valence-electron chi connectivity index (χ0n) is 18.3. The molecule has 0 aliphatic rings. The summed E-state index contributed by atoms with van der Waals surface area (Å²) in [5.41, 5.74) is 2.43. The van der Waals surface area contributed by atoms with E-state index in [1.807, 2.05) is 43.3 Å². The molecule has 0 aromatic heterocycles. The Bertz CT molecular complexity index is 1300. The van der Waals surface area contributed by atoms with E-state index in [4.69, 9.17) is 14.2 Å². The second kappa shape index (κ2) is 10.3. The summed E-state index contributed by atoms with van der Waals surface area (Å²) in [5, 5.41) is 10.8. The molecule has 7 nitrogen and oxygen atoms in total. The molecule has 0 saturated heterocycles. The summed E-state index contributed by atoms with van der Waals surface area (Å²) in [5.74, 6) is 1.47. The normalized spacial score (nSPS) is 10.4. The van der Waals surface area contributed by atoms with Crippen LogP contribution in [0.15, 0.2) is 97.1 Å². The summed E-state index contributed by atoms with van der Waals surface area (Å²) in [4.78, 5) is 22.8. The van der Waals surface area contributed by atoms with Gasteiger partial charge in [0.2, 0.25) is 0 Å². The monoisotopic (exact) mass is 455 g/mol. The highest BCUT2D eigenvalue weighted by molar-refractivity contribution is 5.91. The Morgan fingerprint density at radius 3 is 2.18 bits per heavy atom. The van der Waals surface area contributed by atoms with Crippen LogP contribution in [0, 0.1) is 17.0 Å². The third-order valence-corrected chi connectivity index (χ3v) is 4.88. The first kappa shape index (κ1) is 22.5. The number of hydrogen-bond acceptors (Lipinski definition) is 6. The molecular formula is C27H21NO6. The summed E-state index contributed by atoms with van der Waals surface area (Å²) < 4.78 is 17.0. The number of ether oxygens (including phenoxy) is 3. The Hall–Kier alpha value is -4.65. The molecule has 4 aromatic carbocycles. The van der Waals surface area contributed by atoms with Gasteiger partial charge in [-0.3, -0.25) is 10.1 Å². The van der Waals surface area contributed by atoms with Crippen LogP contribution >= 0.6 is 0 Å². The van der Waals surface area contributed by atoms with Crippen molar-refractivity contribution >= 4 is 11.7 Å². The van der Waals surface area contributed by atoms with Crippen LogP contribution in [0.1, 0.15) is 21.5 Å². The zero-order chi connectivity index (χ0) is 23.9. The highest BCUT2D eigenvalue weighted by Gasteiger charge is 2.11. The number of carbonyl (C=O) groups is 1. The van der Waals surface area contributed by atoms with Gasteiger partial charge in [-0.25, -0.2) is 4.79 Å². The van der Waals surface area contributed by atoms with Crippen LogP contribution in [0.4, 0.5) is 5.69 Å². The molecular weight excluding hydrogens is 434 g/mol. The molecule has 0 spiro atoms. The van der Waals surface area contributed by atoms with Crippen LogP contribution < -0.4 is 14.2 Å². The predicted molar refractivity (Wildman–Crippen MR) is 127 cm³/mol. The molecule has 34 heavy (non-hydrogen) atoms. The Kier molecular flexibility index (Phi) is 6.84. The van der Waals surface area contributed by atoms with E-state index in [-0.39, 0.29) is 5.69 Å². The number of rotatable bonds is 8. The molecule has 0 aliphatic heterocycles. The molecule has 0 amide bonds. The first-order chi connectivity index (χ1) is 16.5. The third-order valence-electron chi connectivity index (χ3n) is 4.88. The van der Waals surface area contributed by atoms with E-state index in [1.54, 1.807) is 36.4 Å². The van der Waals surface area contributed by atoms with Crippen LogP contribution in [0.5, 0.6) is 23.0 Å². The number of nitro benzene ring substituents is 1. The number of nitrogens with zero attached hydrogens (tertiary/aromatic N) is 1. The summed E-state index contributed by atoms with van der Waals surface area (Å²) in [6.07, 6.45) is 0. The topological polar surface area (TPSA) is 87.9 Å². The molecule has 0 unspecified atom stereocenters. The molecule has 4 rings (SSSR count). The molecule has 7 heteroatoms. The van der Waals surface area contributed by atoms with Crippen LogP contribution in [-0.4, -0.2) is 10.9 Å². The van der Waals surface area contributed by atoms with Gasteiger partial charge < -0.3 is 14.2 Å². The van der Waals surface area contributed by atoms with E-state index in [2.05, 4.69) is 0 Å². The molecule has 0 atom stereocenters. The quantitative estimate of drug-likeness (QED) is 0.131. The maximum Gasteiger partial charge on any atom is 0.343 e. The maximum absolute atomic E-state index is 12.6. The average Bonchev–Trinajstić information content (AvgIpc) is 2.84. The molecule has 0 fully saturated rings. The number of benzene rings is 4. The van der Waals surface area contributed by atoms with Gasteiger partial charge in [0.05, 0.1) is 10.5 Å². The minimum absolute atomic E-state index is 0.0252. The van der Waals surface area contributed by atoms with Gasteiger partial charge in [-0.15, -0.1) is 0 Å². The second-order valence-electron chi connectivity index (χ2n) is 7.52. The van der Waals surface area contributed by atoms with Crippen molar-refractivity contribution in [2.24, 2.45) is 0 Å². The van der Waals surface area contributed by atoms with E-state index in [1.165, 1.54) is 24.3 Å². The van der Waals surface area contributed by atoms with Crippen LogP contribution in [-0.2, 0) is 6.61 Å². The molecule has 0 aliphatic carbocycles. The number of aryl methyl sites for hydroxylation is 1. The van der Waals surface area contributed by atoms with Gasteiger partial charge in [-0.1, -0.05) is 30.3 Å². The number of hydrogen-bond donors (Lipinski definition) is 0. The van der Waals surface area contributed by atoms with E-state index >= 15 is 0 Å². The SMILES string of the molecule is Cc1cccc(OCc2ccc(C(=O)Oc3cccc(Oc4ccc([N+](=O)[O-])cc4)c3)cc2)c1. The van der Waals surface area contributed by atoms with E-state index in [0.29, 0.717) is 29.4 Å². The van der Waals surface area contributed by atoms with Gasteiger partial charge in [0.25, 0.3) is 5.69 Å². The fourth-order valence-corrected chi connectivity index (χ4v) is 3.15. The van der Waals surface area contributed by atoms with Crippen LogP contribution in [0.2, 0.25) is 0 Å². The summed E-state index contributed by atoms with van der Waals surface area (Å²) in [6, 6.07) is 27.1. The Labute approximate surface area is 196 Å². The molecule has 170 valence electrons. The lowest BCUT2D eigenvalue weighted by atomic mass is 10.1. The first-order valence-corrected chi connectivity index (χ1v) is 10.5. The molecule has 0 bridgehead atoms. The average molecular weight is 455 g/mol. The van der Waals surface area contributed by atoms with Crippen molar-refractivity contribution in [3.05, 3.63) is 124 Å². The Morgan fingerprint density at radius 1 is 0.794 bits per heavy atom.